The first-order valence-electron chi connectivity index (χ1n) is 4.78. The van der Waals surface area contributed by atoms with Crippen molar-refractivity contribution in [1.82, 2.24) is 10.2 Å². The zero-order valence-electron chi connectivity index (χ0n) is 7.77. The number of nitrogens with zero attached hydrogens (tertiary/aromatic N) is 1. The Morgan fingerprint density at radius 1 is 1.36 bits per heavy atom. The average Bonchev–Trinajstić information content (AvgIpc) is 2.00. The Hall–Kier alpha value is -0.550. The van der Waals surface area contributed by atoms with Crippen molar-refractivity contribution < 1.29 is 13.2 Å². The molecule has 0 atom stereocenters. The number of rotatable bonds is 1. The van der Waals surface area contributed by atoms with Crippen molar-refractivity contribution >= 4 is 0 Å². The van der Waals surface area contributed by atoms with E-state index in [1.54, 1.807) is 0 Å². The van der Waals surface area contributed by atoms with Crippen LogP contribution in [-0.2, 0) is 0 Å². The number of alkyl halides is 3. The van der Waals surface area contributed by atoms with Gasteiger partial charge in [-0.15, -0.1) is 0 Å². The third-order valence-electron chi connectivity index (χ3n) is 2.88. The fourth-order valence-electron chi connectivity index (χ4n) is 1.81. The second-order valence-corrected chi connectivity index (χ2v) is 3.78. The van der Waals surface area contributed by atoms with Crippen molar-refractivity contribution in [2.75, 3.05) is 26.2 Å². The van der Waals surface area contributed by atoms with Crippen molar-refractivity contribution in [2.45, 2.75) is 18.6 Å². The second-order valence-electron chi connectivity index (χ2n) is 3.78. The molecule has 2 aliphatic rings. The average molecular weight is 206 g/mol. The molecule has 1 N–H and O–H groups in total. The van der Waals surface area contributed by atoms with Crippen molar-refractivity contribution in [1.29, 1.82) is 0 Å². The first kappa shape index (κ1) is 9.98. The SMILES string of the molecule is FC(F)(F)C1=CCN(C2CNC2)CC1. The van der Waals surface area contributed by atoms with Crippen LogP contribution in [0.1, 0.15) is 6.42 Å². The summed E-state index contributed by atoms with van der Waals surface area (Å²) in [6.45, 7) is 2.81. The largest absolute Gasteiger partial charge is 0.412 e. The summed E-state index contributed by atoms with van der Waals surface area (Å²) in [6, 6.07) is 0.445. The van der Waals surface area contributed by atoms with E-state index in [9.17, 15) is 13.2 Å². The Morgan fingerprint density at radius 2 is 2.07 bits per heavy atom. The lowest BCUT2D eigenvalue weighted by Gasteiger charge is -2.39. The molecule has 0 aromatic rings. The molecule has 2 nitrogen and oxygen atoms in total. The number of nitrogens with one attached hydrogen (secondary N) is 1. The highest BCUT2D eigenvalue weighted by molar-refractivity contribution is 5.13. The molecule has 0 saturated carbocycles. The van der Waals surface area contributed by atoms with Crippen LogP contribution in [0.5, 0.6) is 0 Å². The summed E-state index contributed by atoms with van der Waals surface area (Å²) in [4.78, 5) is 2.10. The van der Waals surface area contributed by atoms with Gasteiger partial charge < -0.3 is 5.32 Å². The minimum atomic E-state index is -4.12. The van der Waals surface area contributed by atoms with Gasteiger partial charge in [0, 0.05) is 37.8 Å². The lowest BCUT2D eigenvalue weighted by molar-refractivity contribution is -0.0966. The fourth-order valence-corrected chi connectivity index (χ4v) is 1.81. The molecule has 0 aromatic heterocycles. The van der Waals surface area contributed by atoms with Crippen LogP contribution in [0.3, 0.4) is 0 Å². The van der Waals surface area contributed by atoms with Gasteiger partial charge in [-0.2, -0.15) is 13.2 Å². The quantitative estimate of drug-likeness (QED) is 0.647. The molecule has 2 rings (SSSR count). The molecule has 5 heteroatoms. The molecule has 0 aromatic carbocycles. The van der Waals surface area contributed by atoms with Crippen molar-refractivity contribution in [3.8, 4) is 0 Å². The van der Waals surface area contributed by atoms with Crippen LogP contribution in [0.2, 0.25) is 0 Å². The van der Waals surface area contributed by atoms with Gasteiger partial charge in [-0.25, -0.2) is 0 Å². The Balaban J connectivity index is 1.92. The summed E-state index contributed by atoms with van der Waals surface area (Å²) < 4.78 is 36.8. The zero-order valence-corrected chi connectivity index (χ0v) is 7.77. The summed E-state index contributed by atoms with van der Waals surface area (Å²) in [7, 11) is 0. The van der Waals surface area contributed by atoms with Crippen molar-refractivity contribution in [2.24, 2.45) is 0 Å². The van der Waals surface area contributed by atoms with E-state index in [0.29, 0.717) is 19.1 Å². The third-order valence-corrected chi connectivity index (χ3v) is 2.88. The topological polar surface area (TPSA) is 15.3 Å². The monoisotopic (exact) mass is 206 g/mol. The normalized spacial score (nSPS) is 25.8. The van der Waals surface area contributed by atoms with E-state index in [4.69, 9.17) is 0 Å². The standard InChI is InChI=1S/C9H13F3N2/c10-9(11,12)7-1-3-14(4-2-7)8-5-13-6-8/h1,8,13H,2-6H2. The first-order chi connectivity index (χ1) is 6.57. The highest BCUT2D eigenvalue weighted by Crippen LogP contribution is 2.30. The summed E-state index contributed by atoms with van der Waals surface area (Å²) in [5, 5.41) is 3.12. The molecule has 0 radical (unpaired) electrons. The van der Waals surface area contributed by atoms with E-state index >= 15 is 0 Å². The van der Waals surface area contributed by atoms with Crippen LogP contribution in [0.15, 0.2) is 11.6 Å². The third kappa shape index (κ3) is 1.93. The van der Waals surface area contributed by atoms with E-state index in [2.05, 4.69) is 10.2 Å². The Morgan fingerprint density at radius 3 is 2.43 bits per heavy atom. The van der Waals surface area contributed by atoms with E-state index in [1.165, 1.54) is 6.08 Å². The summed E-state index contributed by atoms with van der Waals surface area (Å²) >= 11 is 0. The van der Waals surface area contributed by atoms with E-state index in [1.807, 2.05) is 0 Å². The summed E-state index contributed by atoms with van der Waals surface area (Å²) in [5.74, 6) is 0. The molecule has 1 fully saturated rings. The maximum absolute atomic E-state index is 12.3. The Kier molecular flexibility index (Phi) is 2.53. The van der Waals surface area contributed by atoms with Crippen LogP contribution in [0, 0.1) is 0 Å². The first-order valence-corrected chi connectivity index (χ1v) is 4.78. The van der Waals surface area contributed by atoms with E-state index < -0.39 is 6.18 Å². The zero-order chi connectivity index (χ0) is 10.2. The Bertz CT molecular complexity index is 243. The van der Waals surface area contributed by atoms with Gasteiger partial charge >= 0.3 is 6.18 Å². The number of halogens is 3. The van der Waals surface area contributed by atoms with Crippen LogP contribution in [0.4, 0.5) is 13.2 Å². The van der Waals surface area contributed by atoms with E-state index in [0.717, 1.165) is 13.1 Å². The minimum absolute atomic E-state index is 0.139. The molecule has 0 amide bonds. The highest BCUT2D eigenvalue weighted by Gasteiger charge is 2.36. The molecular weight excluding hydrogens is 193 g/mol. The molecule has 1 saturated heterocycles. The molecule has 0 unspecified atom stereocenters. The molecule has 0 bridgehead atoms. The van der Waals surface area contributed by atoms with Crippen molar-refractivity contribution in [3.05, 3.63) is 11.6 Å². The fraction of sp³-hybridized carbons (Fsp3) is 0.778. The molecule has 2 aliphatic heterocycles. The predicted molar refractivity (Wildman–Crippen MR) is 47.0 cm³/mol. The maximum Gasteiger partial charge on any atom is 0.412 e. The smallest absolute Gasteiger partial charge is 0.314 e. The van der Waals surface area contributed by atoms with Gasteiger partial charge in [0.25, 0.3) is 0 Å². The van der Waals surface area contributed by atoms with Gasteiger partial charge in [0.05, 0.1) is 0 Å². The van der Waals surface area contributed by atoms with Crippen LogP contribution < -0.4 is 5.32 Å². The molecule has 0 spiro atoms. The lowest BCUT2D eigenvalue weighted by Crippen LogP contribution is -2.58. The van der Waals surface area contributed by atoms with Gasteiger partial charge in [-0.3, -0.25) is 4.90 Å². The minimum Gasteiger partial charge on any atom is -0.314 e. The lowest BCUT2D eigenvalue weighted by atomic mass is 10.0. The van der Waals surface area contributed by atoms with Crippen molar-refractivity contribution in [3.63, 3.8) is 0 Å². The van der Waals surface area contributed by atoms with Crippen LogP contribution in [0.25, 0.3) is 0 Å². The molecular formula is C9H13F3N2. The maximum atomic E-state index is 12.3. The molecule has 2 heterocycles. The number of hydrogen-bond donors (Lipinski definition) is 1. The van der Waals surface area contributed by atoms with Gasteiger partial charge in [0.15, 0.2) is 0 Å². The van der Waals surface area contributed by atoms with Crippen LogP contribution >= 0.6 is 0 Å². The molecule has 14 heavy (non-hydrogen) atoms. The summed E-state index contributed by atoms with van der Waals surface area (Å²) in [6.07, 6.45) is -2.66. The van der Waals surface area contributed by atoms with Gasteiger partial charge in [-0.05, 0) is 6.42 Å². The van der Waals surface area contributed by atoms with Gasteiger partial charge in [0.2, 0.25) is 0 Å². The highest BCUT2D eigenvalue weighted by atomic mass is 19.4. The van der Waals surface area contributed by atoms with Crippen LogP contribution in [-0.4, -0.2) is 43.3 Å². The number of hydrogen-bond acceptors (Lipinski definition) is 2. The van der Waals surface area contributed by atoms with Gasteiger partial charge in [0.1, 0.15) is 0 Å². The van der Waals surface area contributed by atoms with Gasteiger partial charge in [-0.1, -0.05) is 6.08 Å². The Labute approximate surface area is 80.8 Å². The second kappa shape index (κ2) is 3.55. The predicted octanol–water partition coefficient (Wildman–Crippen LogP) is 1.15. The van der Waals surface area contributed by atoms with E-state index in [-0.39, 0.29) is 12.0 Å². The summed E-state index contributed by atoms with van der Waals surface area (Å²) in [5.41, 5.74) is -0.360. The molecule has 80 valence electrons. The molecule has 0 aliphatic carbocycles.